The maximum Gasteiger partial charge on any atom is 0.0524 e. The number of hydrogen-bond donors (Lipinski definition) is 1. The van der Waals surface area contributed by atoms with E-state index in [9.17, 15) is 0 Å². The van der Waals surface area contributed by atoms with Gasteiger partial charge in [-0.3, -0.25) is 0 Å². The Morgan fingerprint density at radius 1 is 1.56 bits per heavy atom. The Morgan fingerprint density at radius 3 is 2.44 bits per heavy atom. The molecule has 0 rings (SSSR count). The third-order valence-electron chi connectivity index (χ3n) is 1.47. The van der Waals surface area contributed by atoms with Crippen molar-refractivity contribution in [3.05, 3.63) is 0 Å². The van der Waals surface area contributed by atoms with Gasteiger partial charge < -0.3 is 10.0 Å². The zero-order valence-electron chi connectivity index (χ0n) is 6.59. The van der Waals surface area contributed by atoms with Crippen molar-refractivity contribution in [3.63, 3.8) is 0 Å². The van der Waals surface area contributed by atoms with Gasteiger partial charge in [-0.05, 0) is 26.9 Å². The summed E-state index contributed by atoms with van der Waals surface area (Å²) in [7, 11) is 2.06. The molecule has 0 spiro atoms. The molecule has 2 nitrogen and oxygen atoms in total. The molecule has 0 unspecified atom stereocenters. The molecule has 0 aliphatic carbocycles. The van der Waals surface area contributed by atoms with Crippen LogP contribution >= 0.6 is 0 Å². The maximum atomic E-state index is 8.87. The van der Waals surface area contributed by atoms with Crippen LogP contribution in [0.25, 0.3) is 0 Å². The highest BCUT2D eigenvalue weighted by Crippen LogP contribution is 1.91. The Hall–Kier alpha value is -0.0800. The summed E-state index contributed by atoms with van der Waals surface area (Å²) in [5.74, 6) is 0. The van der Waals surface area contributed by atoms with E-state index in [4.69, 9.17) is 5.11 Å². The van der Waals surface area contributed by atoms with Gasteiger partial charge in [0.05, 0.1) is 6.10 Å². The lowest BCUT2D eigenvalue weighted by molar-refractivity contribution is 0.166. The first-order valence-electron chi connectivity index (χ1n) is 3.53. The van der Waals surface area contributed by atoms with E-state index in [0.717, 1.165) is 19.5 Å². The zero-order valence-corrected chi connectivity index (χ0v) is 6.59. The summed E-state index contributed by atoms with van der Waals surface area (Å²) >= 11 is 0. The van der Waals surface area contributed by atoms with Crippen LogP contribution in [0, 0.1) is 0 Å². The lowest BCUT2D eigenvalue weighted by atomic mass is 10.3. The van der Waals surface area contributed by atoms with Crippen molar-refractivity contribution in [2.24, 2.45) is 0 Å². The summed E-state index contributed by atoms with van der Waals surface area (Å²) in [4.78, 5) is 2.19. The minimum atomic E-state index is -0.154. The number of rotatable bonds is 4. The van der Waals surface area contributed by atoms with Crippen molar-refractivity contribution in [2.75, 3.05) is 20.1 Å². The van der Waals surface area contributed by atoms with Gasteiger partial charge in [0.1, 0.15) is 0 Å². The first-order valence-corrected chi connectivity index (χ1v) is 3.53. The Balaban J connectivity index is 3.06. The molecule has 0 heterocycles. The normalized spacial score (nSPS) is 14.3. The van der Waals surface area contributed by atoms with E-state index >= 15 is 0 Å². The van der Waals surface area contributed by atoms with Gasteiger partial charge in [-0.1, -0.05) is 6.92 Å². The second-order valence-corrected chi connectivity index (χ2v) is 2.53. The molecule has 0 aliphatic heterocycles. The van der Waals surface area contributed by atoms with Crippen molar-refractivity contribution in [1.82, 2.24) is 4.90 Å². The van der Waals surface area contributed by atoms with E-state index in [1.807, 2.05) is 6.92 Å². The maximum absolute atomic E-state index is 8.87. The van der Waals surface area contributed by atoms with E-state index in [2.05, 4.69) is 18.9 Å². The lowest BCUT2D eigenvalue weighted by Crippen LogP contribution is -2.21. The van der Waals surface area contributed by atoms with Crippen molar-refractivity contribution in [2.45, 2.75) is 26.4 Å². The molecule has 0 bridgehead atoms. The molecule has 0 aromatic heterocycles. The van der Waals surface area contributed by atoms with Crippen molar-refractivity contribution in [1.29, 1.82) is 0 Å². The molecule has 1 atom stereocenters. The van der Waals surface area contributed by atoms with E-state index in [-0.39, 0.29) is 6.10 Å². The number of hydrogen-bond acceptors (Lipinski definition) is 2. The largest absolute Gasteiger partial charge is 0.393 e. The van der Waals surface area contributed by atoms with E-state index in [1.54, 1.807) is 0 Å². The number of aliphatic hydroxyl groups excluding tert-OH is 1. The SMILES string of the molecule is CCN(C)CC[C@H](C)O. The van der Waals surface area contributed by atoms with Crippen LogP contribution in [0.3, 0.4) is 0 Å². The highest BCUT2D eigenvalue weighted by atomic mass is 16.3. The number of aliphatic hydroxyl groups is 1. The summed E-state index contributed by atoms with van der Waals surface area (Å²) in [5, 5.41) is 8.87. The highest BCUT2D eigenvalue weighted by molar-refractivity contribution is 4.51. The average Bonchev–Trinajstić information content (AvgIpc) is 1.83. The molecule has 0 aromatic carbocycles. The first kappa shape index (κ1) is 8.92. The second kappa shape index (κ2) is 4.77. The Kier molecular flexibility index (Phi) is 4.72. The van der Waals surface area contributed by atoms with Gasteiger partial charge in [-0.2, -0.15) is 0 Å². The van der Waals surface area contributed by atoms with Gasteiger partial charge >= 0.3 is 0 Å². The van der Waals surface area contributed by atoms with Gasteiger partial charge in [-0.15, -0.1) is 0 Å². The Labute approximate surface area is 57.5 Å². The van der Waals surface area contributed by atoms with Gasteiger partial charge in [-0.25, -0.2) is 0 Å². The molecule has 0 fully saturated rings. The molecule has 0 saturated heterocycles. The van der Waals surface area contributed by atoms with Crippen molar-refractivity contribution >= 4 is 0 Å². The highest BCUT2D eigenvalue weighted by Gasteiger charge is 1.97. The fourth-order valence-electron chi connectivity index (χ4n) is 0.565. The lowest BCUT2D eigenvalue weighted by Gasteiger charge is -2.13. The van der Waals surface area contributed by atoms with Crippen LogP contribution in [0.4, 0.5) is 0 Å². The minimum absolute atomic E-state index is 0.154. The molecule has 9 heavy (non-hydrogen) atoms. The van der Waals surface area contributed by atoms with Crippen LogP contribution in [0.15, 0.2) is 0 Å². The van der Waals surface area contributed by atoms with Crippen LogP contribution in [-0.2, 0) is 0 Å². The molecule has 0 aromatic rings. The third kappa shape index (κ3) is 5.80. The predicted molar refractivity (Wildman–Crippen MR) is 39.5 cm³/mol. The summed E-state index contributed by atoms with van der Waals surface area (Å²) in [6.07, 6.45) is 0.726. The van der Waals surface area contributed by atoms with Gasteiger partial charge in [0.2, 0.25) is 0 Å². The number of nitrogens with zero attached hydrogens (tertiary/aromatic N) is 1. The summed E-state index contributed by atoms with van der Waals surface area (Å²) in [6, 6.07) is 0. The van der Waals surface area contributed by atoms with Crippen LogP contribution in [-0.4, -0.2) is 36.2 Å². The van der Waals surface area contributed by atoms with Crippen LogP contribution in [0.2, 0.25) is 0 Å². The van der Waals surface area contributed by atoms with Crippen LogP contribution in [0.1, 0.15) is 20.3 Å². The van der Waals surface area contributed by atoms with Crippen LogP contribution in [0.5, 0.6) is 0 Å². The fraction of sp³-hybridized carbons (Fsp3) is 1.00. The molecule has 0 saturated carbocycles. The first-order chi connectivity index (χ1) is 4.16. The quantitative estimate of drug-likeness (QED) is 0.607. The molecular weight excluding hydrogens is 114 g/mol. The monoisotopic (exact) mass is 131 g/mol. The standard InChI is InChI=1S/C7H17NO/c1-4-8(3)6-5-7(2)9/h7,9H,4-6H2,1-3H3/t7-/m0/s1. The molecule has 1 N–H and O–H groups in total. The summed E-state index contributed by atoms with van der Waals surface area (Å²) < 4.78 is 0. The van der Waals surface area contributed by atoms with E-state index in [0.29, 0.717) is 0 Å². The van der Waals surface area contributed by atoms with Gasteiger partial charge in [0.15, 0.2) is 0 Å². The van der Waals surface area contributed by atoms with Crippen molar-refractivity contribution < 1.29 is 5.11 Å². The minimum Gasteiger partial charge on any atom is -0.393 e. The third-order valence-corrected chi connectivity index (χ3v) is 1.47. The summed E-state index contributed by atoms with van der Waals surface area (Å²) in [5.41, 5.74) is 0. The van der Waals surface area contributed by atoms with Gasteiger partial charge in [0, 0.05) is 6.54 Å². The van der Waals surface area contributed by atoms with Crippen LogP contribution < -0.4 is 0 Å². The Morgan fingerprint density at radius 2 is 2.11 bits per heavy atom. The molecule has 0 radical (unpaired) electrons. The smallest absolute Gasteiger partial charge is 0.0524 e. The second-order valence-electron chi connectivity index (χ2n) is 2.53. The molecule has 2 heteroatoms. The molecular formula is C7H17NO. The van der Waals surface area contributed by atoms with Crippen molar-refractivity contribution in [3.8, 4) is 0 Å². The van der Waals surface area contributed by atoms with E-state index < -0.39 is 0 Å². The zero-order chi connectivity index (χ0) is 7.28. The predicted octanol–water partition coefficient (Wildman–Crippen LogP) is 0.709. The van der Waals surface area contributed by atoms with Gasteiger partial charge in [0.25, 0.3) is 0 Å². The Bertz CT molecular complexity index is 63.9. The fourth-order valence-corrected chi connectivity index (χ4v) is 0.565. The molecule has 0 aliphatic rings. The molecule has 56 valence electrons. The van der Waals surface area contributed by atoms with E-state index in [1.165, 1.54) is 0 Å². The topological polar surface area (TPSA) is 23.5 Å². The molecule has 0 amide bonds. The average molecular weight is 131 g/mol. The summed E-state index contributed by atoms with van der Waals surface area (Å²) in [6.45, 7) is 5.99.